The van der Waals surface area contributed by atoms with Crippen molar-refractivity contribution in [1.29, 1.82) is 0 Å². The SMILES string of the molecule is CN(C)C=C(C(=O)c1ccco1)c1ccc(=O)n(C)c1.Cn1cc(-c2cnc(N)nc2-c2ccco2)ccc1=O.Cn1cc(CC(=O)c2ccco2)ccc1=O. The average molecular weight is 758 g/mol. The van der Waals surface area contributed by atoms with E-state index in [9.17, 15) is 24.0 Å². The number of ketones is 2. The summed E-state index contributed by atoms with van der Waals surface area (Å²) in [6, 6.07) is 19.6. The van der Waals surface area contributed by atoms with Crippen molar-refractivity contribution in [1.82, 2.24) is 28.6 Å². The van der Waals surface area contributed by atoms with Crippen LogP contribution in [0.3, 0.4) is 0 Å². The highest BCUT2D eigenvalue weighted by molar-refractivity contribution is 6.27. The lowest BCUT2D eigenvalue weighted by Gasteiger charge is -2.11. The fourth-order valence-corrected chi connectivity index (χ4v) is 5.24. The van der Waals surface area contributed by atoms with Gasteiger partial charge in [-0.05, 0) is 54.1 Å². The van der Waals surface area contributed by atoms with Crippen molar-refractivity contribution in [2.24, 2.45) is 21.1 Å². The molecular weight excluding hydrogens is 718 g/mol. The molecule has 0 atom stereocenters. The van der Waals surface area contributed by atoms with Crippen molar-refractivity contribution in [2.45, 2.75) is 6.42 Å². The van der Waals surface area contributed by atoms with Crippen LogP contribution < -0.4 is 22.4 Å². The number of hydrogen-bond donors (Lipinski definition) is 1. The number of anilines is 1. The molecule has 56 heavy (non-hydrogen) atoms. The first-order chi connectivity index (χ1) is 26.8. The van der Waals surface area contributed by atoms with E-state index in [2.05, 4.69) is 9.97 Å². The highest BCUT2D eigenvalue weighted by Gasteiger charge is 2.18. The van der Waals surface area contributed by atoms with E-state index >= 15 is 0 Å². The van der Waals surface area contributed by atoms with Crippen LogP contribution in [-0.2, 0) is 27.6 Å². The maximum absolute atomic E-state index is 12.5. The summed E-state index contributed by atoms with van der Waals surface area (Å²) in [5.74, 6) is 1.07. The fourth-order valence-electron chi connectivity index (χ4n) is 5.24. The largest absolute Gasteiger partial charge is 0.463 e. The number of hydrogen-bond acceptors (Lipinski definition) is 12. The Labute approximate surface area is 320 Å². The van der Waals surface area contributed by atoms with E-state index in [0.29, 0.717) is 28.4 Å². The number of aryl methyl sites for hydroxylation is 3. The topological polar surface area (TPSA) is 195 Å². The lowest BCUT2D eigenvalue weighted by Crippen LogP contribution is -2.16. The number of pyridine rings is 3. The molecule has 0 spiro atoms. The standard InChI is InChI=1S/C15H16N2O3.C14H12N4O2.C12H11NO3/c1-16(2)10-12(15(19)13-5-4-8-20-13)11-6-7-14(18)17(3)9-11;1-18-8-9(4-5-12(18)19)10-7-16-14(15)17-13(10)11-3-2-6-20-11;1-13-8-9(4-5-12(13)15)7-10(14)11-3-2-6-16-11/h4-10H,1-3H3;2-8H,1H3,(H2,15,16,17);2-6,8H,7H2,1H3. The van der Waals surface area contributed by atoms with Gasteiger partial charge in [0.25, 0.3) is 0 Å². The monoisotopic (exact) mass is 757 g/mol. The number of allylic oxidation sites excluding steroid dienone is 1. The van der Waals surface area contributed by atoms with Crippen molar-refractivity contribution in [2.75, 3.05) is 19.8 Å². The van der Waals surface area contributed by atoms with Crippen molar-refractivity contribution in [3.05, 3.63) is 176 Å². The second-order valence-electron chi connectivity index (χ2n) is 12.6. The molecule has 0 amide bonds. The van der Waals surface area contributed by atoms with Crippen LogP contribution in [0.5, 0.6) is 0 Å². The Bertz CT molecular complexity index is 2630. The molecule has 0 aliphatic carbocycles. The van der Waals surface area contributed by atoms with Crippen LogP contribution in [0.15, 0.2) is 150 Å². The molecule has 286 valence electrons. The summed E-state index contributed by atoms with van der Waals surface area (Å²) in [4.78, 5) is 68.2. The zero-order chi connectivity index (χ0) is 40.4. The van der Waals surface area contributed by atoms with Crippen LogP contribution in [-0.4, -0.2) is 54.2 Å². The number of furan rings is 3. The molecule has 0 aliphatic rings. The fraction of sp³-hybridized carbons (Fsp3) is 0.146. The third-order valence-corrected chi connectivity index (χ3v) is 8.04. The van der Waals surface area contributed by atoms with Crippen molar-refractivity contribution in [3.63, 3.8) is 0 Å². The van der Waals surface area contributed by atoms with E-state index in [0.717, 1.165) is 16.7 Å². The van der Waals surface area contributed by atoms with Crippen LogP contribution in [0.25, 0.3) is 28.2 Å². The molecule has 15 nitrogen and oxygen atoms in total. The average Bonchev–Trinajstić information content (AvgIpc) is 4.00. The number of Topliss-reactive ketones (excluding diaryl/α,β-unsaturated/α-hetero) is 2. The van der Waals surface area contributed by atoms with Crippen molar-refractivity contribution >= 4 is 23.1 Å². The van der Waals surface area contributed by atoms with Crippen molar-refractivity contribution < 1.29 is 22.8 Å². The third kappa shape index (κ3) is 10.1. The van der Waals surface area contributed by atoms with Gasteiger partial charge in [-0.25, -0.2) is 9.97 Å². The van der Waals surface area contributed by atoms with Gasteiger partial charge in [0.2, 0.25) is 34.2 Å². The number of nitrogens with two attached hydrogens (primary N) is 1. The molecule has 0 bridgehead atoms. The second kappa shape index (κ2) is 18.0. The number of aromatic nitrogens is 5. The highest BCUT2D eigenvalue weighted by atomic mass is 16.3. The summed E-state index contributed by atoms with van der Waals surface area (Å²) in [5.41, 5.74) is 9.46. The van der Waals surface area contributed by atoms with Gasteiger partial charge < -0.3 is 37.6 Å². The van der Waals surface area contributed by atoms with E-state index in [-0.39, 0.29) is 46.4 Å². The van der Waals surface area contributed by atoms with Gasteiger partial charge >= 0.3 is 0 Å². The van der Waals surface area contributed by atoms with Crippen LogP contribution >= 0.6 is 0 Å². The molecule has 7 aromatic rings. The highest BCUT2D eigenvalue weighted by Crippen LogP contribution is 2.30. The first kappa shape index (κ1) is 39.7. The third-order valence-electron chi connectivity index (χ3n) is 8.04. The summed E-state index contributed by atoms with van der Waals surface area (Å²) in [7, 11) is 8.66. The van der Waals surface area contributed by atoms with Crippen LogP contribution in [0.1, 0.15) is 32.2 Å². The molecule has 0 fully saturated rings. The van der Waals surface area contributed by atoms with E-state index in [1.165, 1.54) is 44.4 Å². The van der Waals surface area contributed by atoms with E-state index in [1.807, 2.05) is 14.1 Å². The number of rotatable bonds is 9. The maximum Gasteiger partial charge on any atom is 0.250 e. The van der Waals surface area contributed by atoms with Gasteiger partial charge in [0, 0.05) is 108 Å². The lowest BCUT2D eigenvalue weighted by molar-refractivity contribution is 0.0965. The molecule has 0 saturated carbocycles. The molecule has 0 saturated heterocycles. The molecule has 7 aromatic heterocycles. The van der Waals surface area contributed by atoms with E-state index in [4.69, 9.17) is 19.0 Å². The Balaban J connectivity index is 0.000000162. The molecule has 0 aromatic carbocycles. The Kier molecular flexibility index (Phi) is 12.7. The first-order valence-corrected chi connectivity index (χ1v) is 17.0. The predicted octanol–water partition coefficient (Wildman–Crippen LogP) is 4.85. The zero-order valence-corrected chi connectivity index (χ0v) is 31.3. The van der Waals surface area contributed by atoms with E-state index in [1.54, 1.807) is 118 Å². The lowest BCUT2D eigenvalue weighted by atomic mass is 10.0. The molecular formula is C41H39N7O8. The van der Waals surface area contributed by atoms with Crippen LogP contribution in [0.4, 0.5) is 5.95 Å². The zero-order valence-electron chi connectivity index (χ0n) is 31.3. The number of nitrogens with zero attached hydrogens (tertiary/aromatic N) is 6. The summed E-state index contributed by atoms with van der Waals surface area (Å²) < 4.78 is 19.9. The van der Waals surface area contributed by atoms with Crippen LogP contribution in [0.2, 0.25) is 0 Å². The quantitative estimate of drug-likeness (QED) is 0.156. The van der Waals surface area contributed by atoms with Gasteiger partial charge in [-0.15, -0.1) is 0 Å². The Morgan fingerprint density at radius 3 is 1.89 bits per heavy atom. The molecule has 0 aliphatic heterocycles. The van der Waals surface area contributed by atoms with Gasteiger partial charge in [-0.1, -0.05) is 6.07 Å². The smallest absolute Gasteiger partial charge is 0.250 e. The Hall–Kier alpha value is -7.55. The summed E-state index contributed by atoms with van der Waals surface area (Å²) in [6.07, 6.45) is 13.1. The molecule has 7 heterocycles. The van der Waals surface area contributed by atoms with Gasteiger partial charge in [0.05, 0.1) is 24.4 Å². The second-order valence-corrected chi connectivity index (χ2v) is 12.6. The summed E-state index contributed by atoms with van der Waals surface area (Å²) >= 11 is 0. The molecule has 0 radical (unpaired) electrons. The summed E-state index contributed by atoms with van der Waals surface area (Å²) in [6.45, 7) is 0. The number of carbonyl (C=O) groups is 2. The number of nitrogen functional groups attached to an aromatic ring is 1. The van der Waals surface area contributed by atoms with Gasteiger partial charge in [-0.3, -0.25) is 24.0 Å². The molecule has 2 N–H and O–H groups in total. The Morgan fingerprint density at radius 1 is 0.732 bits per heavy atom. The van der Waals surface area contributed by atoms with E-state index < -0.39 is 0 Å². The Morgan fingerprint density at radius 2 is 1.32 bits per heavy atom. The molecule has 15 heteroatoms. The normalized spacial score (nSPS) is 10.8. The van der Waals surface area contributed by atoms with Crippen molar-refractivity contribution in [3.8, 4) is 22.6 Å². The maximum atomic E-state index is 12.5. The van der Waals surface area contributed by atoms with Gasteiger partial charge in [-0.2, -0.15) is 0 Å². The number of carbonyl (C=O) groups excluding carboxylic acids is 2. The minimum absolute atomic E-state index is 0.0790. The minimum atomic E-state index is -0.220. The minimum Gasteiger partial charge on any atom is -0.463 e. The molecule has 0 unspecified atom stereocenters. The van der Waals surface area contributed by atoms with Gasteiger partial charge in [0.1, 0.15) is 5.69 Å². The summed E-state index contributed by atoms with van der Waals surface area (Å²) in [5, 5.41) is 0. The van der Waals surface area contributed by atoms with Crippen LogP contribution in [0, 0.1) is 0 Å². The van der Waals surface area contributed by atoms with Gasteiger partial charge in [0.15, 0.2) is 17.3 Å². The first-order valence-electron chi connectivity index (χ1n) is 17.0. The predicted molar refractivity (Wildman–Crippen MR) is 210 cm³/mol. The molecule has 7 rings (SSSR count).